The predicted octanol–water partition coefficient (Wildman–Crippen LogP) is 1.59. The molecule has 0 spiro atoms. The van der Waals surface area contributed by atoms with Crippen molar-refractivity contribution in [1.29, 1.82) is 0 Å². The molecule has 1 aromatic heterocycles. The van der Waals surface area contributed by atoms with Crippen molar-refractivity contribution in [2.45, 2.75) is 28.7 Å². The Kier molecular flexibility index (Phi) is 5.94. The number of sulfonamides is 1. The fourth-order valence-corrected chi connectivity index (χ4v) is 6.37. The second-order valence-electron chi connectivity index (χ2n) is 6.66. The first kappa shape index (κ1) is 20.3. The molecule has 1 aliphatic heterocycles. The summed E-state index contributed by atoms with van der Waals surface area (Å²) in [7, 11) is -3.42. The number of nitrogens with zero attached hydrogens (tertiary/aromatic N) is 3. The Morgan fingerprint density at radius 3 is 2.74 bits per heavy atom. The summed E-state index contributed by atoms with van der Waals surface area (Å²) >= 11 is 1.31. The maximum Gasteiger partial charge on any atom is 0.276 e. The van der Waals surface area contributed by atoms with Gasteiger partial charge in [0.1, 0.15) is 0 Å². The molecule has 0 saturated carbocycles. The van der Waals surface area contributed by atoms with Crippen molar-refractivity contribution in [1.82, 2.24) is 14.5 Å². The first-order valence-corrected chi connectivity index (χ1v) is 12.6. The molecule has 1 fully saturated rings. The van der Waals surface area contributed by atoms with E-state index in [9.17, 15) is 16.8 Å². The summed E-state index contributed by atoms with van der Waals surface area (Å²) in [5.41, 5.74) is 0.824. The molecule has 27 heavy (non-hydrogen) atoms. The fourth-order valence-electron chi connectivity index (χ4n) is 2.81. The lowest BCUT2D eigenvalue weighted by atomic mass is 10.1. The van der Waals surface area contributed by atoms with Crippen molar-refractivity contribution in [3.63, 3.8) is 0 Å². The smallest absolute Gasteiger partial charge is 0.276 e. The number of rotatable bonds is 7. The molecule has 8 nitrogen and oxygen atoms in total. The van der Waals surface area contributed by atoms with Crippen LogP contribution in [0.4, 0.5) is 0 Å². The van der Waals surface area contributed by atoms with E-state index in [1.165, 1.54) is 30.2 Å². The SMILES string of the molecule is CN(C)S(=O)(=O)c1cccc(CSc2nnc(C[C@@H]3CCS(=O)(=O)C3)o2)c1. The molecule has 2 heterocycles. The molecule has 0 radical (unpaired) electrons. The number of aromatic nitrogens is 2. The van der Waals surface area contributed by atoms with Crippen LogP contribution in [-0.4, -0.2) is 56.9 Å². The maximum atomic E-state index is 12.2. The lowest BCUT2D eigenvalue weighted by molar-refractivity contribution is 0.389. The van der Waals surface area contributed by atoms with Crippen LogP contribution in [0.15, 0.2) is 38.8 Å². The van der Waals surface area contributed by atoms with Gasteiger partial charge in [0.2, 0.25) is 15.9 Å². The highest BCUT2D eigenvalue weighted by atomic mass is 32.2. The van der Waals surface area contributed by atoms with Crippen LogP contribution >= 0.6 is 11.8 Å². The fraction of sp³-hybridized carbons (Fsp3) is 0.500. The summed E-state index contributed by atoms with van der Waals surface area (Å²) in [6.07, 6.45) is 1.09. The van der Waals surface area contributed by atoms with Crippen LogP contribution in [0.1, 0.15) is 17.9 Å². The van der Waals surface area contributed by atoms with Crippen LogP contribution < -0.4 is 0 Å². The Morgan fingerprint density at radius 2 is 2.07 bits per heavy atom. The Morgan fingerprint density at radius 1 is 1.30 bits per heavy atom. The lowest BCUT2D eigenvalue weighted by Gasteiger charge is -2.11. The summed E-state index contributed by atoms with van der Waals surface area (Å²) in [6, 6.07) is 6.72. The molecular formula is C16H21N3O5S3. The van der Waals surface area contributed by atoms with E-state index in [4.69, 9.17) is 4.42 Å². The van der Waals surface area contributed by atoms with Gasteiger partial charge in [0.15, 0.2) is 9.84 Å². The molecule has 0 unspecified atom stereocenters. The summed E-state index contributed by atoms with van der Waals surface area (Å²) in [6.45, 7) is 0. The molecule has 0 N–H and O–H groups in total. The largest absolute Gasteiger partial charge is 0.416 e. The maximum absolute atomic E-state index is 12.2. The van der Waals surface area contributed by atoms with Crippen molar-refractivity contribution < 1.29 is 21.3 Å². The van der Waals surface area contributed by atoms with Crippen molar-refractivity contribution in [3.8, 4) is 0 Å². The van der Waals surface area contributed by atoms with Crippen LogP contribution in [-0.2, 0) is 32.0 Å². The molecule has 0 aliphatic carbocycles. The topological polar surface area (TPSA) is 110 Å². The Hall–Kier alpha value is -1.43. The van der Waals surface area contributed by atoms with Crippen LogP contribution in [0.3, 0.4) is 0 Å². The predicted molar refractivity (Wildman–Crippen MR) is 102 cm³/mol. The van der Waals surface area contributed by atoms with E-state index in [1.54, 1.807) is 18.2 Å². The number of hydrogen-bond acceptors (Lipinski definition) is 8. The molecule has 0 bridgehead atoms. The van der Waals surface area contributed by atoms with Gasteiger partial charge in [-0.1, -0.05) is 23.9 Å². The van der Waals surface area contributed by atoms with Crippen molar-refractivity contribution in [2.24, 2.45) is 5.92 Å². The highest BCUT2D eigenvalue weighted by Gasteiger charge is 2.29. The van der Waals surface area contributed by atoms with Crippen molar-refractivity contribution in [3.05, 3.63) is 35.7 Å². The Labute approximate surface area is 163 Å². The van der Waals surface area contributed by atoms with Gasteiger partial charge < -0.3 is 4.42 Å². The molecule has 1 aliphatic rings. The molecule has 1 saturated heterocycles. The van der Waals surface area contributed by atoms with E-state index in [-0.39, 0.29) is 22.3 Å². The Balaban J connectivity index is 1.61. The summed E-state index contributed by atoms with van der Waals surface area (Å²) < 4.78 is 54.2. The number of thioether (sulfide) groups is 1. The third kappa shape index (κ3) is 5.09. The highest BCUT2D eigenvalue weighted by Crippen LogP contribution is 2.26. The van der Waals surface area contributed by atoms with E-state index in [2.05, 4.69) is 10.2 Å². The van der Waals surface area contributed by atoms with E-state index in [0.717, 1.165) is 5.56 Å². The molecule has 1 atom stereocenters. The molecular weight excluding hydrogens is 410 g/mol. The zero-order valence-corrected chi connectivity index (χ0v) is 17.5. The zero-order valence-electron chi connectivity index (χ0n) is 15.0. The zero-order chi connectivity index (χ0) is 19.7. The van der Waals surface area contributed by atoms with Crippen LogP contribution in [0.2, 0.25) is 0 Å². The van der Waals surface area contributed by atoms with Crippen molar-refractivity contribution >= 4 is 31.6 Å². The van der Waals surface area contributed by atoms with E-state index in [1.807, 2.05) is 6.07 Å². The summed E-state index contributed by atoms with van der Waals surface area (Å²) in [5.74, 6) is 1.34. The van der Waals surface area contributed by atoms with Crippen LogP contribution in [0.5, 0.6) is 0 Å². The number of hydrogen-bond donors (Lipinski definition) is 0. The summed E-state index contributed by atoms with van der Waals surface area (Å²) in [4.78, 5) is 0.235. The molecule has 148 valence electrons. The van der Waals surface area contributed by atoms with E-state index < -0.39 is 19.9 Å². The van der Waals surface area contributed by atoms with Gasteiger partial charge in [0.05, 0.1) is 16.4 Å². The average Bonchev–Trinajstić information content (AvgIpc) is 3.19. The van der Waals surface area contributed by atoms with Gasteiger partial charge in [-0.15, -0.1) is 10.2 Å². The number of benzene rings is 1. The van der Waals surface area contributed by atoms with E-state index in [0.29, 0.717) is 29.7 Å². The molecule has 1 aromatic carbocycles. The molecule has 2 aromatic rings. The van der Waals surface area contributed by atoms with Gasteiger partial charge in [0, 0.05) is 26.3 Å². The standard InChI is InChI=1S/C16H21N3O5S3/c1-19(2)27(22,23)14-5-3-4-12(8-14)10-25-16-18-17-15(24-16)9-13-6-7-26(20,21)11-13/h3-5,8,13H,6-7,9-11H2,1-2H3/t13-/m0/s1. The van der Waals surface area contributed by atoms with Gasteiger partial charge >= 0.3 is 0 Å². The third-order valence-electron chi connectivity index (χ3n) is 4.28. The first-order valence-electron chi connectivity index (χ1n) is 8.33. The second kappa shape index (κ2) is 7.90. The quantitative estimate of drug-likeness (QED) is 0.608. The molecule has 3 rings (SSSR count). The van der Waals surface area contributed by atoms with Gasteiger partial charge in [-0.2, -0.15) is 0 Å². The monoisotopic (exact) mass is 431 g/mol. The average molecular weight is 432 g/mol. The van der Waals surface area contributed by atoms with Crippen LogP contribution in [0.25, 0.3) is 0 Å². The number of sulfone groups is 1. The highest BCUT2D eigenvalue weighted by molar-refractivity contribution is 7.98. The third-order valence-corrected chi connectivity index (χ3v) is 8.82. The Bertz CT molecular complexity index is 1020. The van der Waals surface area contributed by atoms with Gasteiger partial charge in [-0.05, 0) is 30.0 Å². The normalized spacial score (nSPS) is 19.6. The minimum atomic E-state index is -3.48. The lowest BCUT2D eigenvalue weighted by Crippen LogP contribution is -2.22. The van der Waals surface area contributed by atoms with Gasteiger partial charge in [-0.25, -0.2) is 21.1 Å². The van der Waals surface area contributed by atoms with Gasteiger partial charge in [-0.3, -0.25) is 0 Å². The summed E-state index contributed by atoms with van der Waals surface area (Å²) in [5, 5.41) is 8.35. The van der Waals surface area contributed by atoms with Gasteiger partial charge in [0.25, 0.3) is 5.22 Å². The van der Waals surface area contributed by atoms with Crippen LogP contribution in [0, 0.1) is 5.92 Å². The van der Waals surface area contributed by atoms with E-state index >= 15 is 0 Å². The van der Waals surface area contributed by atoms with Crippen molar-refractivity contribution in [2.75, 3.05) is 25.6 Å². The second-order valence-corrected chi connectivity index (χ2v) is 12.0. The first-order chi connectivity index (χ1) is 12.7. The molecule has 11 heteroatoms. The molecule has 0 amide bonds. The minimum absolute atomic E-state index is 0.0289. The minimum Gasteiger partial charge on any atom is -0.416 e.